The third-order valence-corrected chi connectivity index (χ3v) is 6.04. The van der Waals surface area contributed by atoms with E-state index in [2.05, 4.69) is 16.0 Å². The van der Waals surface area contributed by atoms with Crippen LogP contribution in [0.3, 0.4) is 0 Å². The summed E-state index contributed by atoms with van der Waals surface area (Å²) in [4.78, 5) is 33.6. The highest BCUT2D eigenvalue weighted by atomic mass is 16.7. The van der Waals surface area contributed by atoms with Crippen molar-refractivity contribution >= 4 is 11.8 Å². The quantitative estimate of drug-likeness (QED) is 0.683. The van der Waals surface area contributed by atoms with Crippen LogP contribution in [-0.4, -0.2) is 53.0 Å². The molecular formula is C24H29N3O4. The molecule has 3 aliphatic heterocycles. The molecule has 0 spiro atoms. The van der Waals surface area contributed by atoms with Gasteiger partial charge in [0, 0.05) is 19.3 Å². The molecule has 31 heavy (non-hydrogen) atoms. The number of carbonyl (C=O) groups is 2. The predicted molar refractivity (Wildman–Crippen MR) is 116 cm³/mol. The van der Waals surface area contributed by atoms with Gasteiger partial charge in [-0.1, -0.05) is 19.9 Å². The molecule has 0 aliphatic carbocycles. The van der Waals surface area contributed by atoms with E-state index in [9.17, 15) is 9.59 Å². The monoisotopic (exact) mass is 423 g/mol. The number of piperidine rings is 1. The Morgan fingerprint density at radius 2 is 1.65 bits per heavy atom. The van der Waals surface area contributed by atoms with Gasteiger partial charge in [0.25, 0.3) is 11.8 Å². The summed E-state index contributed by atoms with van der Waals surface area (Å²) >= 11 is 0. The van der Waals surface area contributed by atoms with E-state index in [0.717, 1.165) is 44.6 Å². The highest BCUT2D eigenvalue weighted by molar-refractivity contribution is 6.21. The average molecular weight is 424 g/mol. The van der Waals surface area contributed by atoms with E-state index in [0.29, 0.717) is 35.1 Å². The summed E-state index contributed by atoms with van der Waals surface area (Å²) in [6.45, 7) is 7.50. The Bertz CT molecular complexity index is 896. The molecule has 3 aliphatic rings. The van der Waals surface area contributed by atoms with Crippen molar-refractivity contribution in [2.45, 2.75) is 39.7 Å². The maximum atomic E-state index is 12.7. The average Bonchev–Trinajstić information content (AvgIpc) is 3.37. The summed E-state index contributed by atoms with van der Waals surface area (Å²) in [5.41, 5.74) is 1.94. The van der Waals surface area contributed by atoms with Gasteiger partial charge >= 0.3 is 0 Å². The van der Waals surface area contributed by atoms with E-state index < -0.39 is 0 Å². The Kier molecular flexibility index (Phi) is 6.51. The number of carbonyl (C=O) groups excluding carboxylic acids is 2. The topological polar surface area (TPSA) is 72.0 Å². The Morgan fingerprint density at radius 1 is 1.00 bits per heavy atom. The molecule has 0 atom stereocenters. The van der Waals surface area contributed by atoms with Crippen molar-refractivity contribution in [1.82, 2.24) is 14.8 Å². The molecule has 0 unspecified atom stereocenters. The van der Waals surface area contributed by atoms with Crippen LogP contribution in [0, 0.1) is 5.92 Å². The number of amides is 2. The van der Waals surface area contributed by atoms with E-state index in [-0.39, 0.29) is 18.6 Å². The van der Waals surface area contributed by atoms with Gasteiger partial charge in [-0.25, -0.2) is 0 Å². The van der Waals surface area contributed by atoms with Crippen LogP contribution in [0.2, 0.25) is 0 Å². The van der Waals surface area contributed by atoms with Crippen molar-refractivity contribution in [3.05, 3.63) is 53.3 Å². The van der Waals surface area contributed by atoms with Crippen LogP contribution in [0.1, 0.15) is 59.5 Å². The summed E-state index contributed by atoms with van der Waals surface area (Å²) in [7, 11) is 0. The third kappa shape index (κ3) is 4.42. The molecule has 0 bridgehead atoms. The second-order valence-electron chi connectivity index (χ2n) is 7.84. The smallest absolute Gasteiger partial charge is 0.261 e. The second-order valence-corrected chi connectivity index (χ2v) is 7.84. The van der Waals surface area contributed by atoms with Crippen molar-refractivity contribution in [2.24, 2.45) is 5.92 Å². The predicted octanol–water partition coefficient (Wildman–Crippen LogP) is 3.73. The Balaban J connectivity index is 0.00000112. The number of aromatic nitrogens is 1. The standard InChI is InChI=1S/C22H23N3O4.C2H6/c26-21-17-11-19-20(29-14-28-19)12-18(17)22(27)25(21)10-6-15-4-8-24(9-5-15)13-16-3-1-2-7-23-16;1-2/h1-3,7,11-12,15H,4-6,8-10,13-14H2;1-2H3. The number of ether oxygens (including phenoxy) is 2. The van der Waals surface area contributed by atoms with Gasteiger partial charge in [-0.15, -0.1) is 0 Å². The number of imide groups is 1. The maximum absolute atomic E-state index is 12.7. The lowest BCUT2D eigenvalue weighted by molar-refractivity contribution is 0.0635. The van der Waals surface area contributed by atoms with E-state index >= 15 is 0 Å². The van der Waals surface area contributed by atoms with Crippen molar-refractivity contribution < 1.29 is 19.1 Å². The first kappa shape index (κ1) is 21.3. The summed E-state index contributed by atoms with van der Waals surface area (Å²) < 4.78 is 10.7. The molecule has 7 nitrogen and oxygen atoms in total. The first-order valence-electron chi connectivity index (χ1n) is 11.1. The second kappa shape index (κ2) is 9.47. The molecule has 7 heteroatoms. The van der Waals surface area contributed by atoms with Crippen molar-refractivity contribution in [1.29, 1.82) is 0 Å². The third-order valence-electron chi connectivity index (χ3n) is 6.04. The zero-order valence-electron chi connectivity index (χ0n) is 18.2. The molecule has 1 fully saturated rings. The van der Waals surface area contributed by atoms with Gasteiger partial charge in [0.2, 0.25) is 6.79 Å². The van der Waals surface area contributed by atoms with Crippen LogP contribution in [0.5, 0.6) is 11.5 Å². The number of fused-ring (bicyclic) bond motifs is 2. The summed E-state index contributed by atoms with van der Waals surface area (Å²) in [6, 6.07) is 9.27. The van der Waals surface area contributed by atoms with Crippen LogP contribution in [0.25, 0.3) is 0 Å². The van der Waals surface area contributed by atoms with Crippen molar-refractivity contribution in [3.63, 3.8) is 0 Å². The molecule has 4 heterocycles. The van der Waals surface area contributed by atoms with E-state index in [1.807, 2.05) is 32.2 Å². The van der Waals surface area contributed by atoms with Gasteiger partial charge in [-0.3, -0.25) is 24.4 Å². The molecular weight excluding hydrogens is 394 g/mol. The van der Waals surface area contributed by atoms with Gasteiger partial charge < -0.3 is 9.47 Å². The fraction of sp³-hybridized carbons (Fsp3) is 0.458. The molecule has 1 aromatic carbocycles. The van der Waals surface area contributed by atoms with Crippen LogP contribution in [-0.2, 0) is 6.54 Å². The van der Waals surface area contributed by atoms with Gasteiger partial charge in [0.15, 0.2) is 11.5 Å². The zero-order chi connectivity index (χ0) is 21.8. The number of nitrogens with zero attached hydrogens (tertiary/aromatic N) is 3. The minimum Gasteiger partial charge on any atom is -0.454 e. The molecule has 2 amide bonds. The van der Waals surface area contributed by atoms with Crippen LogP contribution in [0.15, 0.2) is 36.5 Å². The summed E-state index contributed by atoms with van der Waals surface area (Å²) in [6.07, 6.45) is 4.82. The van der Waals surface area contributed by atoms with Crippen molar-refractivity contribution in [2.75, 3.05) is 26.4 Å². The van der Waals surface area contributed by atoms with Gasteiger partial charge in [-0.2, -0.15) is 0 Å². The molecule has 1 aromatic heterocycles. The Morgan fingerprint density at radius 3 is 2.23 bits per heavy atom. The first-order chi connectivity index (χ1) is 15.2. The highest BCUT2D eigenvalue weighted by Gasteiger charge is 2.38. The Hall–Kier alpha value is -2.93. The van der Waals surface area contributed by atoms with E-state index in [4.69, 9.17) is 9.47 Å². The van der Waals surface area contributed by atoms with E-state index in [1.165, 1.54) is 4.90 Å². The fourth-order valence-corrected chi connectivity index (χ4v) is 4.35. The van der Waals surface area contributed by atoms with E-state index in [1.54, 1.807) is 12.1 Å². The summed E-state index contributed by atoms with van der Waals surface area (Å²) in [5.74, 6) is 1.14. The lowest BCUT2D eigenvalue weighted by atomic mass is 9.93. The van der Waals surface area contributed by atoms with Crippen LogP contribution >= 0.6 is 0 Å². The van der Waals surface area contributed by atoms with Crippen molar-refractivity contribution in [3.8, 4) is 11.5 Å². The zero-order valence-corrected chi connectivity index (χ0v) is 18.2. The van der Waals surface area contributed by atoms with Gasteiger partial charge in [0.1, 0.15) is 0 Å². The minimum atomic E-state index is -0.226. The maximum Gasteiger partial charge on any atom is 0.261 e. The number of benzene rings is 1. The normalized spacial score (nSPS) is 18.1. The lowest BCUT2D eigenvalue weighted by Gasteiger charge is -2.32. The molecule has 1 saturated heterocycles. The number of hydrogen-bond donors (Lipinski definition) is 0. The fourth-order valence-electron chi connectivity index (χ4n) is 4.35. The number of hydrogen-bond acceptors (Lipinski definition) is 6. The Labute approximate surface area is 183 Å². The number of rotatable bonds is 5. The lowest BCUT2D eigenvalue weighted by Crippen LogP contribution is -2.36. The SMILES string of the molecule is CC.O=C1c2cc3c(cc2C(=O)N1CCC1CCN(Cc2ccccn2)CC1)OCO3. The number of likely N-dealkylation sites (tertiary alicyclic amines) is 1. The minimum absolute atomic E-state index is 0.128. The molecule has 5 rings (SSSR count). The first-order valence-corrected chi connectivity index (χ1v) is 11.1. The van der Waals surface area contributed by atoms with Gasteiger partial charge in [-0.05, 0) is 62.5 Å². The van der Waals surface area contributed by atoms with Gasteiger partial charge in [0.05, 0.1) is 16.8 Å². The molecule has 0 N–H and O–H groups in total. The molecule has 2 aromatic rings. The summed E-state index contributed by atoms with van der Waals surface area (Å²) in [5, 5.41) is 0. The largest absolute Gasteiger partial charge is 0.454 e. The number of pyridine rings is 1. The molecule has 164 valence electrons. The molecule has 0 saturated carbocycles. The molecule has 0 radical (unpaired) electrons. The van der Waals surface area contributed by atoms with Crippen LogP contribution in [0.4, 0.5) is 0 Å². The van der Waals surface area contributed by atoms with Crippen LogP contribution < -0.4 is 9.47 Å². The highest BCUT2D eigenvalue weighted by Crippen LogP contribution is 2.38.